The van der Waals surface area contributed by atoms with E-state index in [0.717, 1.165) is 12.1 Å². The van der Waals surface area contributed by atoms with Crippen molar-refractivity contribution >= 4 is 21.6 Å². The van der Waals surface area contributed by atoms with Crippen molar-refractivity contribution in [2.24, 2.45) is 0 Å². The molecule has 10 heteroatoms. The lowest BCUT2D eigenvalue weighted by molar-refractivity contribution is -0.136. The number of benzene rings is 2. The van der Waals surface area contributed by atoms with Crippen LogP contribution in [-0.4, -0.2) is 82.6 Å². The number of hydrogen-bond acceptors (Lipinski definition) is 6. The van der Waals surface area contributed by atoms with Crippen LogP contribution in [0.2, 0.25) is 0 Å². The molecule has 2 saturated heterocycles. The summed E-state index contributed by atoms with van der Waals surface area (Å²) in [5.41, 5.74) is 2.23. The molecule has 2 heterocycles. The van der Waals surface area contributed by atoms with E-state index in [4.69, 9.17) is 9.47 Å². The van der Waals surface area contributed by atoms with Crippen LogP contribution in [0.3, 0.4) is 0 Å². The lowest BCUT2D eigenvalue weighted by Crippen LogP contribution is -2.50. The number of hydrogen-bond donors (Lipinski definition) is 0. The summed E-state index contributed by atoms with van der Waals surface area (Å²) < 4.78 is 52.7. The number of sulfonamides is 1. The summed E-state index contributed by atoms with van der Waals surface area (Å²) in [6, 6.07) is 9.51. The van der Waals surface area contributed by atoms with E-state index in [1.165, 1.54) is 16.4 Å². The van der Waals surface area contributed by atoms with Crippen LogP contribution in [0.5, 0.6) is 5.75 Å². The zero-order chi connectivity index (χ0) is 25.9. The Balaban J connectivity index is 1.30. The number of rotatable bonds is 8. The number of amides is 1. The summed E-state index contributed by atoms with van der Waals surface area (Å²) in [4.78, 5) is 16.9. The minimum Gasteiger partial charge on any atom is -0.497 e. The molecule has 2 fully saturated rings. The van der Waals surface area contributed by atoms with E-state index < -0.39 is 10.0 Å². The maximum absolute atomic E-state index is 13.5. The van der Waals surface area contributed by atoms with Crippen LogP contribution in [0.4, 0.5) is 10.1 Å². The van der Waals surface area contributed by atoms with Crippen molar-refractivity contribution in [3.63, 3.8) is 0 Å². The standard InChI is InChI=1S/C26H34FN3O5S/c1-19-15-24(34-3)16-20(2)26(19)36(32,33)30-10-4-5-23(30)17-35-18-25(31)29-13-11-28(12-14-29)22-8-6-21(27)7-9-22/h6-9,15-16,23H,4-5,10-14,17-18H2,1-3H3. The molecule has 2 aliphatic heterocycles. The average Bonchev–Trinajstić information content (AvgIpc) is 3.33. The third-order valence-corrected chi connectivity index (χ3v) is 9.18. The first-order chi connectivity index (χ1) is 17.2. The molecule has 1 amide bonds. The summed E-state index contributed by atoms with van der Waals surface area (Å²) in [6.45, 7) is 6.51. The molecule has 0 aromatic heterocycles. The van der Waals surface area contributed by atoms with E-state index in [9.17, 15) is 17.6 Å². The summed E-state index contributed by atoms with van der Waals surface area (Å²) >= 11 is 0. The minimum absolute atomic E-state index is 0.0818. The van der Waals surface area contributed by atoms with Gasteiger partial charge in [0.15, 0.2) is 0 Å². The van der Waals surface area contributed by atoms with Crippen LogP contribution >= 0.6 is 0 Å². The Hall–Kier alpha value is -2.69. The maximum Gasteiger partial charge on any atom is 0.248 e. The molecule has 0 spiro atoms. The topological polar surface area (TPSA) is 79.4 Å². The molecule has 0 radical (unpaired) electrons. The summed E-state index contributed by atoms with van der Waals surface area (Å²) in [5, 5.41) is 0. The van der Waals surface area contributed by atoms with Crippen molar-refractivity contribution in [3.05, 3.63) is 53.3 Å². The second-order valence-corrected chi connectivity index (χ2v) is 11.2. The molecule has 0 bridgehead atoms. The molecule has 36 heavy (non-hydrogen) atoms. The Bertz CT molecular complexity index is 1160. The molecule has 8 nitrogen and oxygen atoms in total. The lowest BCUT2D eigenvalue weighted by Gasteiger charge is -2.36. The Kier molecular flexibility index (Phi) is 8.17. The van der Waals surface area contributed by atoms with Gasteiger partial charge in [0.05, 0.1) is 18.6 Å². The lowest BCUT2D eigenvalue weighted by atomic mass is 10.1. The van der Waals surface area contributed by atoms with Gasteiger partial charge < -0.3 is 19.3 Å². The number of piperazine rings is 1. The van der Waals surface area contributed by atoms with Gasteiger partial charge >= 0.3 is 0 Å². The van der Waals surface area contributed by atoms with Crippen LogP contribution in [0.25, 0.3) is 0 Å². The third-order valence-electron chi connectivity index (χ3n) is 6.92. The molecule has 4 rings (SSSR count). The molecule has 196 valence electrons. The van der Waals surface area contributed by atoms with E-state index in [0.29, 0.717) is 60.9 Å². The van der Waals surface area contributed by atoms with Crippen molar-refractivity contribution in [2.75, 3.05) is 57.9 Å². The number of carbonyl (C=O) groups excluding carboxylic acids is 1. The van der Waals surface area contributed by atoms with Crippen molar-refractivity contribution in [3.8, 4) is 5.75 Å². The highest BCUT2D eigenvalue weighted by Gasteiger charge is 2.37. The molecule has 0 N–H and O–H groups in total. The van der Waals surface area contributed by atoms with E-state index in [2.05, 4.69) is 4.90 Å². The van der Waals surface area contributed by atoms with Crippen LogP contribution in [0.15, 0.2) is 41.3 Å². The number of ether oxygens (including phenoxy) is 2. The maximum atomic E-state index is 13.5. The van der Waals surface area contributed by atoms with Crippen LogP contribution < -0.4 is 9.64 Å². The molecule has 0 saturated carbocycles. The molecular weight excluding hydrogens is 485 g/mol. The number of methoxy groups -OCH3 is 1. The first kappa shape index (κ1) is 26.4. The Morgan fingerprint density at radius 3 is 2.28 bits per heavy atom. The molecule has 2 aromatic carbocycles. The average molecular weight is 520 g/mol. The Morgan fingerprint density at radius 1 is 1.03 bits per heavy atom. The predicted octanol–water partition coefficient (Wildman–Crippen LogP) is 2.97. The number of halogens is 1. The van der Waals surface area contributed by atoms with Crippen LogP contribution in [0, 0.1) is 19.7 Å². The number of aryl methyl sites for hydroxylation is 2. The first-order valence-electron chi connectivity index (χ1n) is 12.2. The van der Waals surface area contributed by atoms with Gasteiger partial charge in [-0.2, -0.15) is 4.31 Å². The van der Waals surface area contributed by atoms with Crippen molar-refractivity contribution in [1.82, 2.24) is 9.21 Å². The van der Waals surface area contributed by atoms with Gasteiger partial charge in [-0.3, -0.25) is 4.79 Å². The van der Waals surface area contributed by atoms with Crippen molar-refractivity contribution in [1.29, 1.82) is 0 Å². The second-order valence-electron chi connectivity index (χ2n) is 9.36. The SMILES string of the molecule is COc1cc(C)c(S(=O)(=O)N2CCCC2COCC(=O)N2CCN(c3ccc(F)cc3)CC2)c(C)c1. The quantitative estimate of drug-likeness (QED) is 0.534. The van der Waals surface area contributed by atoms with Gasteiger partial charge in [-0.15, -0.1) is 0 Å². The normalized spacial score (nSPS) is 19.1. The molecule has 1 unspecified atom stereocenters. The van der Waals surface area contributed by atoms with Gasteiger partial charge in [-0.1, -0.05) is 0 Å². The van der Waals surface area contributed by atoms with Crippen LogP contribution in [0.1, 0.15) is 24.0 Å². The zero-order valence-electron chi connectivity index (χ0n) is 21.1. The van der Waals surface area contributed by atoms with Crippen molar-refractivity contribution < 1.29 is 27.1 Å². The molecule has 2 aliphatic rings. The third kappa shape index (κ3) is 5.66. The largest absolute Gasteiger partial charge is 0.497 e. The monoisotopic (exact) mass is 519 g/mol. The number of carbonyl (C=O) groups is 1. The van der Waals surface area contributed by atoms with E-state index in [1.807, 2.05) is 0 Å². The van der Waals surface area contributed by atoms with E-state index >= 15 is 0 Å². The predicted molar refractivity (Wildman–Crippen MR) is 135 cm³/mol. The molecular formula is C26H34FN3O5S. The molecule has 2 aromatic rings. The number of nitrogens with zero attached hydrogens (tertiary/aromatic N) is 3. The van der Waals surface area contributed by atoms with Gasteiger partial charge in [0, 0.05) is 44.5 Å². The molecule has 1 atom stereocenters. The Labute approximate surface area is 212 Å². The fourth-order valence-electron chi connectivity index (χ4n) is 5.08. The molecule has 0 aliphatic carbocycles. The van der Waals surface area contributed by atoms with Gasteiger partial charge in [-0.05, 0) is 74.2 Å². The van der Waals surface area contributed by atoms with E-state index in [1.54, 1.807) is 50.1 Å². The number of anilines is 1. The van der Waals surface area contributed by atoms with Gasteiger partial charge in [0.2, 0.25) is 15.9 Å². The smallest absolute Gasteiger partial charge is 0.248 e. The highest BCUT2D eigenvalue weighted by molar-refractivity contribution is 7.89. The van der Waals surface area contributed by atoms with Crippen molar-refractivity contribution in [2.45, 2.75) is 37.6 Å². The fourth-order valence-corrected chi connectivity index (χ4v) is 7.18. The van der Waals surface area contributed by atoms with Gasteiger partial charge in [0.25, 0.3) is 0 Å². The minimum atomic E-state index is -3.71. The fraction of sp³-hybridized carbons (Fsp3) is 0.500. The second kappa shape index (κ2) is 11.1. The van der Waals surface area contributed by atoms with Gasteiger partial charge in [-0.25, -0.2) is 12.8 Å². The zero-order valence-corrected chi connectivity index (χ0v) is 21.9. The summed E-state index contributed by atoms with van der Waals surface area (Å²) in [5.74, 6) is 0.248. The summed E-state index contributed by atoms with van der Waals surface area (Å²) in [7, 11) is -2.15. The highest BCUT2D eigenvalue weighted by Crippen LogP contribution is 2.32. The van der Waals surface area contributed by atoms with E-state index in [-0.39, 0.29) is 31.0 Å². The Morgan fingerprint density at radius 2 is 1.67 bits per heavy atom. The highest BCUT2D eigenvalue weighted by atomic mass is 32.2. The summed E-state index contributed by atoms with van der Waals surface area (Å²) in [6.07, 6.45) is 1.44. The van der Waals surface area contributed by atoms with Gasteiger partial charge in [0.1, 0.15) is 18.2 Å². The van der Waals surface area contributed by atoms with Crippen LogP contribution in [-0.2, 0) is 19.6 Å². The first-order valence-corrected chi connectivity index (χ1v) is 13.7.